The summed E-state index contributed by atoms with van der Waals surface area (Å²) >= 11 is 0. The first-order valence-electron chi connectivity index (χ1n) is 11.8. The van der Waals surface area contributed by atoms with E-state index < -0.39 is 10.3 Å². The van der Waals surface area contributed by atoms with Crippen molar-refractivity contribution in [3.05, 3.63) is 0 Å². The van der Waals surface area contributed by atoms with Crippen molar-refractivity contribution in [1.82, 2.24) is 4.72 Å². The molecular formula is C22H47NO3S. The van der Waals surface area contributed by atoms with Crippen molar-refractivity contribution in [3.63, 3.8) is 0 Å². The maximum Gasteiger partial charge on any atom is 0.335 e. The minimum absolute atomic E-state index is 0.283. The van der Waals surface area contributed by atoms with Gasteiger partial charge in [-0.25, -0.2) is 0 Å². The van der Waals surface area contributed by atoms with Crippen molar-refractivity contribution in [2.75, 3.05) is 13.2 Å². The molecule has 0 unspecified atom stereocenters. The molecule has 0 aliphatic rings. The summed E-state index contributed by atoms with van der Waals surface area (Å²) in [7, 11) is -3.52. The first-order chi connectivity index (χ1) is 13.1. The van der Waals surface area contributed by atoms with Gasteiger partial charge in [0.1, 0.15) is 0 Å². The van der Waals surface area contributed by atoms with E-state index in [9.17, 15) is 8.42 Å². The molecule has 0 radical (unpaired) electrons. The summed E-state index contributed by atoms with van der Waals surface area (Å²) in [6.07, 6.45) is 22.9. The molecule has 0 saturated carbocycles. The van der Waals surface area contributed by atoms with E-state index in [4.69, 9.17) is 4.18 Å². The Morgan fingerprint density at radius 3 is 1.33 bits per heavy atom. The van der Waals surface area contributed by atoms with E-state index in [1.807, 2.05) is 6.92 Å². The largest absolute Gasteiger partial charge is 0.335 e. The minimum Gasteiger partial charge on any atom is -0.258 e. The van der Waals surface area contributed by atoms with Crippen LogP contribution in [0, 0.1) is 0 Å². The van der Waals surface area contributed by atoms with Gasteiger partial charge in [0.15, 0.2) is 0 Å². The topological polar surface area (TPSA) is 55.4 Å². The Balaban J connectivity index is 3.18. The molecule has 0 heterocycles. The van der Waals surface area contributed by atoms with Gasteiger partial charge < -0.3 is 0 Å². The van der Waals surface area contributed by atoms with E-state index >= 15 is 0 Å². The zero-order valence-corrected chi connectivity index (χ0v) is 19.1. The molecule has 0 atom stereocenters. The fourth-order valence-corrected chi connectivity index (χ4v) is 4.04. The molecule has 0 aromatic rings. The van der Waals surface area contributed by atoms with E-state index in [2.05, 4.69) is 11.6 Å². The molecule has 0 saturated heterocycles. The van der Waals surface area contributed by atoms with Gasteiger partial charge in [0, 0.05) is 6.54 Å². The average molecular weight is 406 g/mol. The lowest BCUT2D eigenvalue weighted by Gasteiger charge is -2.06. The van der Waals surface area contributed by atoms with Crippen molar-refractivity contribution in [1.29, 1.82) is 0 Å². The Hall–Kier alpha value is -0.130. The molecule has 4 nitrogen and oxygen atoms in total. The van der Waals surface area contributed by atoms with Crippen LogP contribution in [0.2, 0.25) is 0 Å². The van der Waals surface area contributed by atoms with E-state index in [0.29, 0.717) is 6.54 Å². The highest BCUT2D eigenvalue weighted by Gasteiger charge is 2.08. The predicted octanol–water partition coefficient (Wildman–Crippen LogP) is 6.90. The van der Waals surface area contributed by atoms with Crippen LogP contribution in [-0.2, 0) is 14.5 Å². The Bertz CT molecular complexity index is 385. The van der Waals surface area contributed by atoms with Gasteiger partial charge in [-0.15, -0.1) is 0 Å². The number of hydrogen-bond donors (Lipinski definition) is 1. The van der Waals surface area contributed by atoms with Gasteiger partial charge in [0.2, 0.25) is 0 Å². The molecule has 0 amide bonds. The molecule has 0 aliphatic heterocycles. The van der Waals surface area contributed by atoms with Crippen LogP contribution in [-0.4, -0.2) is 21.6 Å². The molecule has 0 bridgehead atoms. The third-order valence-corrected chi connectivity index (χ3v) is 6.08. The van der Waals surface area contributed by atoms with E-state index in [-0.39, 0.29) is 6.61 Å². The molecule has 27 heavy (non-hydrogen) atoms. The summed E-state index contributed by atoms with van der Waals surface area (Å²) in [5.41, 5.74) is 0. The Kier molecular flexibility index (Phi) is 20.5. The van der Waals surface area contributed by atoms with Gasteiger partial charge in [-0.05, 0) is 12.8 Å². The van der Waals surface area contributed by atoms with Crippen LogP contribution in [0.3, 0.4) is 0 Å². The second-order valence-electron chi connectivity index (χ2n) is 7.83. The summed E-state index contributed by atoms with van der Waals surface area (Å²) in [4.78, 5) is 0. The van der Waals surface area contributed by atoms with Crippen LogP contribution in [0.4, 0.5) is 0 Å². The lowest BCUT2D eigenvalue weighted by atomic mass is 10.0. The van der Waals surface area contributed by atoms with Gasteiger partial charge in [-0.3, -0.25) is 4.18 Å². The van der Waals surface area contributed by atoms with E-state index in [1.54, 1.807) is 0 Å². The van der Waals surface area contributed by atoms with Crippen molar-refractivity contribution >= 4 is 10.3 Å². The van der Waals surface area contributed by atoms with Crippen LogP contribution >= 0.6 is 0 Å². The second kappa shape index (κ2) is 20.6. The van der Waals surface area contributed by atoms with Crippen molar-refractivity contribution in [2.24, 2.45) is 0 Å². The van der Waals surface area contributed by atoms with Gasteiger partial charge in [0.25, 0.3) is 0 Å². The lowest BCUT2D eigenvalue weighted by molar-refractivity contribution is 0.304. The van der Waals surface area contributed by atoms with Gasteiger partial charge in [-0.1, -0.05) is 117 Å². The fraction of sp³-hybridized carbons (Fsp3) is 1.00. The molecule has 0 aromatic heterocycles. The lowest BCUT2D eigenvalue weighted by Crippen LogP contribution is -2.27. The Labute approximate surface area is 170 Å². The monoisotopic (exact) mass is 405 g/mol. The van der Waals surface area contributed by atoms with Crippen LogP contribution in [0.15, 0.2) is 0 Å². The number of nitrogens with one attached hydrogen (secondary N) is 1. The first-order valence-corrected chi connectivity index (χ1v) is 13.2. The SMILES string of the molecule is CCCCCCCCCCCCCCCCCCNS(=O)(=O)OCCCC. The standard InChI is InChI=1S/C22H47NO3S/c1-3-5-7-8-9-10-11-12-13-14-15-16-17-18-19-20-21-23-27(24,25)26-22-6-4-2/h23H,3-22H2,1-2H3. The summed E-state index contributed by atoms with van der Waals surface area (Å²) in [6, 6.07) is 0. The Morgan fingerprint density at radius 1 is 0.556 bits per heavy atom. The third-order valence-electron chi connectivity index (χ3n) is 5.05. The van der Waals surface area contributed by atoms with Gasteiger partial charge in [-0.2, -0.15) is 13.1 Å². The quantitative estimate of drug-likeness (QED) is 0.199. The predicted molar refractivity (Wildman–Crippen MR) is 117 cm³/mol. The molecule has 0 fully saturated rings. The Morgan fingerprint density at radius 2 is 0.926 bits per heavy atom. The molecule has 5 heteroatoms. The van der Waals surface area contributed by atoms with Crippen molar-refractivity contribution in [2.45, 2.75) is 129 Å². The fourth-order valence-electron chi connectivity index (χ4n) is 3.22. The molecule has 0 rings (SSSR count). The average Bonchev–Trinajstić information content (AvgIpc) is 2.64. The maximum atomic E-state index is 11.5. The van der Waals surface area contributed by atoms with E-state index in [1.165, 1.54) is 89.9 Å². The molecule has 0 aliphatic carbocycles. The first kappa shape index (κ1) is 26.9. The van der Waals surface area contributed by atoms with E-state index in [0.717, 1.165) is 25.7 Å². The summed E-state index contributed by atoms with van der Waals surface area (Å²) < 4.78 is 30.4. The molecule has 164 valence electrons. The highest BCUT2D eigenvalue weighted by atomic mass is 32.2. The van der Waals surface area contributed by atoms with Crippen LogP contribution in [0.5, 0.6) is 0 Å². The molecular weight excluding hydrogens is 358 g/mol. The second-order valence-corrected chi connectivity index (χ2v) is 9.26. The molecule has 0 aromatic carbocycles. The van der Waals surface area contributed by atoms with Crippen LogP contribution in [0.25, 0.3) is 0 Å². The van der Waals surface area contributed by atoms with Gasteiger partial charge in [0.05, 0.1) is 6.61 Å². The smallest absolute Gasteiger partial charge is 0.258 e. The summed E-state index contributed by atoms with van der Waals surface area (Å²) in [6.45, 7) is 5.06. The number of hydrogen-bond acceptors (Lipinski definition) is 3. The summed E-state index contributed by atoms with van der Waals surface area (Å²) in [5.74, 6) is 0. The maximum absolute atomic E-state index is 11.5. The van der Waals surface area contributed by atoms with Crippen molar-refractivity contribution < 1.29 is 12.6 Å². The van der Waals surface area contributed by atoms with Gasteiger partial charge >= 0.3 is 10.3 Å². The third kappa shape index (κ3) is 22.0. The minimum atomic E-state index is -3.52. The summed E-state index contributed by atoms with van der Waals surface area (Å²) in [5, 5.41) is 0. The van der Waals surface area contributed by atoms with Crippen LogP contribution < -0.4 is 4.72 Å². The van der Waals surface area contributed by atoms with Crippen molar-refractivity contribution in [3.8, 4) is 0 Å². The zero-order valence-electron chi connectivity index (χ0n) is 18.3. The highest BCUT2D eigenvalue weighted by Crippen LogP contribution is 2.13. The normalized spacial score (nSPS) is 11.9. The number of unbranched alkanes of at least 4 members (excludes halogenated alkanes) is 16. The van der Waals surface area contributed by atoms with Crippen LogP contribution in [0.1, 0.15) is 129 Å². The molecule has 1 N–H and O–H groups in total. The molecule has 0 spiro atoms. The zero-order chi connectivity index (χ0) is 20.1. The highest BCUT2D eigenvalue weighted by molar-refractivity contribution is 7.84. The number of rotatable bonds is 22.